The minimum Gasteiger partial charge on any atom is -0.357 e. The number of hydrogen-bond acceptors (Lipinski definition) is 5. The number of anilines is 1. The van der Waals surface area contributed by atoms with Gasteiger partial charge < -0.3 is 5.32 Å². The lowest BCUT2D eigenvalue weighted by molar-refractivity contribution is 0.986. The summed E-state index contributed by atoms with van der Waals surface area (Å²) in [4.78, 5) is 0. The van der Waals surface area contributed by atoms with Crippen LogP contribution in [0.15, 0.2) is 34.7 Å². The van der Waals surface area contributed by atoms with E-state index >= 15 is 0 Å². The highest BCUT2D eigenvalue weighted by Crippen LogP contribution is 2.38. The Labute approximate surface area is 115 Å². The summed E-state index contributed by atoms with van der Waals surface area (Å²) in [5, 5.41) is 13.2. The normalized spacial score (nSPS) is 16.5. The van der Waals surface area contributed by atoms with Gasteiger partial charge in [0, 0.05) is 11.3 Å². The smallest absolute Gasteiger partial charge is 0.206 e. The van der Waals surface area contributed by atoms with E-state index in [4.69, 9.17) is 0 Å². The minimum absolute atomic E-state index is 0.410. The molecule has 3 nitrogen and oxygen atoms in total. The van der Waals surface area contributed by atoms with Crippen molar-refractivity contribution in [3.05, 3.63) is 35.9 Å². The molecule has 1 aromatic carbocycles. The van der Waals surface area contributed by atoms with Gasteiger partial charge in [0.15, 0.2) is 4.34 Å². The molecular formula is C13H15N3S2. The molecule has 5 heteroatoms. The van der Waals surface area contributed by atoms with Gasteiger partial charge in [0.05, 0.1) is 0 Å². The minimum atomic E-state index is 0.410. The van der Waals surface area contributed by atoms with Gasteiger partial charge in [-0.3, -0.25) is 0 Å². The van der Waals surface area contributed by atoms with Crippen LogP contribution >= 0.6 is 23.1 Å². The highest BCUT2D eigenvalue weighted by atomic mass is 32.2. The molecular weight excluding hydrogens is 262 g/mol. The van der Waals surface area contributed by atoms with Crippen molar-refractivity contribution >= 4 is 28.2 Å². The molecule has 0 radical (unpaired) electrons. The molecule has 0 bridgehead atoms. The summed E-state index contributed by atoms with van der Waals surface area (Å²) in [6, 6.07) is 11.1. The molecule has 2 aromatic rings. The zero-order chi connectivity index (χ0) is 12.4. The van der Waals surface area contributed by atoms with Gasteiger partial charge in [-0.2, -0.15) is 0 Å². The van der Waals surface area contributed by atoms with Crippen molar-refractivity contribution in [2.45, 2.75) is 35.4 Å². The lowest BCUT2D eigenvalue weighted by Crippen LogP contribution is -1.99. The number of benzene rings is 1. The fraction of sp³-hybridized carbons (Fsp3) is 0.385. The van der Waals surface area contributed by atoms with Crippen molar-refractivity contribution in [2.24, 2.45) is 0 Å². The van der Waals surface area contributed by atoms with E-state index in [2.05, 4.69) is 46.7 Å². The van der Waals surface area contributed by atoms with Crippen LogP contribution in [0.3, 0.4) is 0 Å². The average molecular weight is 277 g/mol. The molecule has 18 heavy (non-hydrogen) atoms. The van der Waals surface area contributed by atoms with Crippen LogP contribution in [0.5, 0.6) is 0 Å². The van der Waals surface area contributed by atoms with Crippen molar-refractivity contribution in [1.29, 1.82) is 0 Å². The van der Waals surface area contributed by atoms with E-state index in [-0.39, 0.29) is 0 Å². The third-order valence-corrected chi connectivity index (χ3v) is 4.95. The van der Waals surface area contributed by atoms with Gasteiger partial charge in [-0.15, -0.1) is 10.2 Å². The van der Waals surface area contributed by atoms with Crippen molar-refractivity contribution < 1.29 is 0 Å². The van der Waals surface area contributed by atoms with Gasteiger partial charge in [0.2, 0.25) is 5.13 Å². The van der Waals surface area contributed by atoms with Crippen LogP contribution in [0.2, 0.25) is 0 Å². The molecule has 1 N–H and O–H groups in total. The molecule has 1 atom stereocenters. The molecule has 1 aliphatic carbocycles. The molecule has 3 rings (SSSR count). The third-order valence-electron chi connectivity index (χ3n) is 2.86. The molecule has 0 aliphatic heterocycles. The van der Waals surface area contributed by atoms with Crippen molar-refractivity contribution in [3.8, 4) is 0 Å². The maximum Gasteiger partial charge on any atom is 0.206 e. The first-order chi connectivity index (χ1) is 8.81. The van der Waals surface area contributed by atoms with Gasteiger partial charge in [0.1, 0.15) is 0 Å². The van der Waals surface area contributed by atoms with E-state index in [0.717, 1.165) is 9.47 Å². The highest BCUT2D eigenvalue weighted by Gasteiger charge is 2.22. The molecule has 0 spiro atoms. The number of aromatic nitrogens is 2. The molecule has 1 saturated carbocycles. The second-order valence-electron chi connectivity index (χ2n) is 4.46. The van der Waals surface area contributed by atoms with Crippen LogP contribution in [-0.2, 0) is 0 Å². The van der Waals surface area contributed by atoms with Crippen LogP contribution in [0.1, 0.15) is 30.6 Å². The summed E-state index contributed by atoms with van der Waals surface area (Å²) in [6.45, 7) is 2.20. The first-order valence-electron chi connectivity index (χ1n) is 6.13. The molecule has 0 unspecified atom stereocenters. The van der Waals surface area contributed by atoms with Gasteiger partial charge >= 0.3 is 0 Å². The van der Waals surface area contributed by atoms with Gasteiger partial charge in [-0.1, -0.05) is 53.4 Å². The summed E-state index contributed by atoms with van der Waals surface area (Å²) in [5.41, 5.74) is 1.33. The molecule has 1 aliphatic rings. The molecule has 0 amide bonds. The van der Waals surface area contributed by atoms with Crippen LogP contribution < -0.4 is 5.32 Å². The number of nitrogens with one attached hydrogen (secondary N) is 1. The Morgan fingerprint density at radius 2 is 2.06 bits per heavy atom. The number of rotatable bonds is 5. The predicted molar refractivity (Wildman–Crippen MR) is 77.3 cm³/mol. The fourth-order valence-corrected chi connectivity index (χ4v) is 3.76. The summed E-state index contributed by atoms with van der Waals surface area (Å²) in [5.74, 6) is 0. The van der Waals surface area contributed by atoms with Crippen LogP contribution in [0.4, 0.5) is 5.13 Å². The van der Waals surface area contributed by atoms with E-state index in [1.807, 2.05) is 6.07 Å². The molecule has 1 aromatic heterocycles. The summed E-state index contributed by atoms with van der Waals surface area (Å²) < 4.78 is 1.04. The van der Waals surface area contributed by atoms with Gasteiger partial charge in [-0.25, -0.2) is 0 Å². The Kier molecular flexibility index (Phi) is 3.52. The standard InChI is InChI=1S/C13H15N3S2/c1-9(10-5-3-2-4-6-10)17-13-16-15-12(18-13)14-11-7-8-11/h2-6,9,11H,7-8H2,1H3,(H,14,15)/t9-/m0/s1. The summed E-state index contributed by atoms with van der Waals surface area (Å²) >= 11 is 3.42. The average Bonchev–Trinajstić information content (AvgIpc) is 3.10. The van der Waals surface area contributed by atoms with Crippen molar-refractivity contribution in [2.75, 3.05) is 5.32 Å². The quantitative estimate of drug-likeness (QED) is 0.839. The Bertz CT molecular complexity index is 508. The summed E-state index contributed by atoms with van der Waals surface area (Å²) in [7, 11) is 0. The second-order valence-corrected chi connectivity index (χ2v) is 7.03. The van der Waals surface area contributed by atoms with Crippen LogP contribution in [0, 0.1) is 0 Å². The lowest BCUT2D eigenvalue weighted by Gasteiger charge is -2.08. The van der Waals surface area contributed by atoms with E-state index < -0.39 is 0 Å². The predicted octanol–water partition coefficient (Wildman–Crippen LogP) is 3.97. The zero-order valence-corrected chi connectivity index (χ0v) is 11.8. The number of nitrogens with zero attached hydrogens (tertiary/aromatic N) is 2. The Balaban J connectivity index is 1.63. The molecule has 1 fully saturated rings. The summed E-state index contributed by atoms with van der Waals surface area (Å²) in [6.07, 6.45) is 2.53. The zero-order valence-electron chi connectivity index (χ0n) is 10.2. The molecule has 0 saturated heterocycles. The van der Waals surface area contributed by atoms with Gasteiger partial charge in [-0.05, 0) is 25.3 Å². The fourth-order valence-electron chi connectivity index (χ4n) is 1.66. The van der Waals surface area contributed by atoms with Gasteiger partial charge in [0.25, 0.3) is 0 Å². The largest absolute Gasteiger partial charge is 0.357 e. The SMILES string of the molecule is C[C@H](Sc1nnc(NC2CC2)s1)c1ccccc1. The maximum absolute atomic E-state index is 4.23. The lowest BCUT2D eigenvalue weighted by atomic mass is 10.2. The van der Waals surface area contributed by atoms with Crippen LogP contribution in [0.25, 0.3) is 0 Å². The monoisotopic (exact) mass is 277 g/mol. The third kappa shape index (κ3) is 3.03. The second kappa shape index (κ2) is 5.28. The molecule has 94 valence electrons. The first-order valence-corrected chi connectivity index (χ1v) is 7.82. The highest BCUT2D eigenvalue weighted by molar-refractivity contribution is 8.01. The maximum atomic E-state index is 4.23. The Morgan fingerprint density at radius 3 is 2.78 bits per heavy atom. The van der Waals surface area contributed by atoms with E-state index in [0.29, 0.717) is 11.3 Å². The number of hydrogen-bond donors (Lipinski definition) is 1. The van der Waals surface area contributed by atoms with Crippen molar-refractivity contribution in [3.63, 3.8) is 0 Å². The van der Waals surface area contributed by atoms with E-state index in [9.17, 15) is 0 Å². The van der Waals surface area contributed by atoms with Crippen molar-refractivity contribution in [1.82, 2.24) is 10.2 Å². The topological polar surface area (TPSA) is 37.8 Å². The van der Waals surface area contributed by atoms with E-state index in [1.54, 1.807) is 23.1 Å². The Morgan fingerprint density at radius 1 is 1.28 bits per heavy atom. The van der Waals surface area contributed by atoms with E-state index in [1.165, 1.54) is 18.4 Å². The number of thioether (sulfide) groups is 1. The first kappa shape index (κ1) is 12.0. The Hall–Kier alpha value is -1.07. The molecule has 1 heterocycles. The van der Waals surface area contributed by atoms with Crippen LogP contribution in [-0.4, -0.2) is 16.2 Å².